The van der Waals surface area contributed by atoms with Crippen molar-refractivity contribution in [2.45, 2.75) is 19.3 Å². The van der Waals surface area contributed by atoms with Gasteiger partial charge in [-0.1, -0.05) is 12.1 Å². The number of amides is 1. The lowest BCUT2D eigenvalue weighted by atomic mass is 10.1. The molecule has 0 saturated carbocycles. The minimum Gasteiger partial charge on any atom is -0.316 e. The number of aryl methyl sites for hydroxylation is 2. The summed E-state index contributed by atoms with van der Waals surface area (Å²) >= 11 is 0. The van der Waals surface area contributed by atoms with Crippen LogP contribution in [0.5, 0.6) is 0 Å². The summed E-state index contributed by atoms with van der Waals surface area (Å²) < 4.78 is 31.4. The number of hydrogen-bond donors (Lipinski definition) is 1. The number of aromatic nitrogens is 4. The molecule has 0 fully saturated rings. The second-order valence-corrected chi connectivity index (χ2v) is 7.08. The van der Waals surface area contributed by atoms with Crippen LogP contribution in [0.3, 0.4) is 0 Å². The average molecular weight is 405 g/mol. The molecule has 6 nitrogen and oxygen atoms in total. The van der Waals surface area contributed by atoms with Crippen LogP contribution in [0.4, 0.5) is 14.5 Å². The van der Waals surface area contributed by atoms with Gasteiger partial charge >= 0.3 is 0 Å². The van der Waals surface area contributed by atoms with Gasteiger partial charge in [-0.15, -0.1) is 0 Å². The van der Waals surface area contributed by atoms with Crippen LogP contribution in [0.15, 0.2) is 61.1 Å². The summed E-state index contributed by atoms with van der Waals surface area (Å²) in [6, 6.07) is 11.3. The van der Waals surface area contributed by atoms with Gasteiger partial charge in [-0.2, -0.15) is 5.10 Å². The zero-order valence-electron chi connectivity index (χ0n) is 15.8. The molecule has 1 aliphatic heterocycles. The number of halogens is 2. The largest absolute Gasteiger partial charge is 0.316 e. The number of benzene rings is 2. The summed E-state index contributed by atoms with van der Waals surface area (Å²) in [5, 5.41) is 6.57. The third-order valence-corrected chi connectivity index (χ3v) is 5.16. The molecule has 0 aliphatic carbocycles. The molecule has 150 valence electrons. The fraction of sp³-hybridized carbons (Fsp3) is 0.136. The van der Waals surface area contributed by atoms with Crippen molar-refractivity contribution in [3.63, 3.8) is 0 Å². The lowest BCUT2D eigenvalue weighted by Gasteiger charge is -2.11. The highest BCUT2D eigenvalue weighted by Gasteiger charge is 2.21. The van der Waals surface area contributed by atoms with Gasteiger partial charge < -0.3 is 9.88 Å². The first kappa shape index (κ1) is 18.2. The molecule has 0 radical (unpaired) electrons. The molecule has 1 aliphatic rings. The Morgan fingerprint density at radius 2 is 1.90 bits per heavy atom. The van der Waals surface area contributed by atoms with Gasteiger partial charge in [0.05, 0.1) is 11.4 Å². The van der Waals surface area contributed by atoms with Crippen molar-refractivity contribution in [1.29, 1.82) is 0 Å². The van der Waals surface area contributed by atoms with Crippen molar-refractivity contribution < 1.29 is 13.6 Å². The predicted octanol–water partition coefficient (Wildman–Crippen LogP) is 4.08. The molecular weight excluding hydrogens is 388 g/mol. The standard InChI is InChI=1S/C22H17F2N5O/c23-16-5-2-6-17(24)21(16)27-22(30)18-13-28-19-12-15(29-11-3-10-25-29)9-8-14(19)4-1-7-20(28)26-18/h2-3,5-6,8-13H,1,4,7H2,(H,27,30). The number of hydrogen-bond acceptors (Lipinski definition) is 3. The number of nitrogens with one attached hydrogen (secondary N) is 1. The van der Waals surface area contributed by atoms with Crippen LogP contribution in [0.2, 0.25) is 0 Å². The maximum Gasteiger partial charge on any atom is 0.276 e. The summed E-state index contributed by atoms with van der Waals surface area (Å²) in [5.74, 6) is -1.61. The van der Waals surface area contributed by atoms with Crippen molar-refractivity contribution in [1.82, 2.24) is 19.3 Å². The van der Waals surface area contributed by atoms with Crippen molar-refractivity contribution in [3.05, 3.63) is 89.8 Å². The number of imidazole rings is 1. The van der Waals surface area contributed by atoms with E-state index >= 15 is 0 Å². The second kappa shape index (κ2) is 7.22. The molecule has 8 heteroatoms. The van der Waals surface area contributed by atoms with E-state index in [0.717, 1.165) is 47.7 Å². The van der Waals surface area contributed by atoms with E-state index < -0.39 is 23.2 Å². The highest BCUT2D eigenvalue weighted by Crippen LogP contribution is 2.27. The molecule has 4 aromatic rings. The van der Waals surface area contributed by atoms with E-state index in [1.807, 2.05) is 29.0 Å². The van der Waals surface area contributed by atoms with E-state index in [9.17, 15) is 13.6 Å². The maximum absolute atomic E-state index is 13.9. The van der Waals surface area contributed by atoms with Crippen molar-refractivity contribution in [3.8, 4) is 11.4 Å². The quantitative estimate of drug-likeness (QED) is 0.559. The van der Waals surface area contributed by atoms with E-state index in [0.29, 0.717) is 6.42 Å². The summed E-state index contributed by atoms with van der Waals surface area (Å²) in [6.07, 6.45) is 7.63. The first-order valence-corrected chi connectivity index (χ1v) is 9.57. The van der Waals surface area contributed by atoms with Gasteiger partial charge in [0.25, 0.3) is 5.91 Å². The van der Waals surface area contributed by atoms with Crippen LogP contribution in [0.1, 0.15) is 28.3 Å². The Morgan fingerprint density at radius 3 is 2.67 bits per heavy atom. The zero-order valence-corrected chi connectivity index (χ0v) is 15.8. The third-order valence-electron chi connectivity index (χ3n) is 5.16. The number of para-hydroxylation sites is 1. The molecule has 2 aromatic carbocycles. The number of carbonyl (C=O) groups is 1. The van der Waals surface area contributed by atoms with E-state index in [4.69, 9.17) is 0 Å². The van der Waals surface area contributed by atoms with E-state index in [2.05, 4.69) is 21.5 Å². The van der Waals surface area contributed by atoms with Crippen molar-refractivity contribution in [2.24, 2.45) is 0 Å². The van der Waals surface area contributed by atoms with Gasteiger partial charge in [-0.3, -0.25) is 4.79 Å². The molecule has 0 unspecified atom stereocenters. The molecule has 30 heavy (non-hydrogen) atoms. The number of nitrogens with zero attached hydrogens (tertiary/aromatic N) is 4. The molecule has 5 rings (SSSR count). The topological polar surface area (TPSA) is 64.7 Å². The molecular formula is C22H17F2N5O. The van der Waals surface area contributed by atoms with Crippen LogP contribution in [-0.4, -0.2) is 25.2 Å². The lowest BCUT2D eigenvalue weighted by Crippen LogP contribution is -2.15. The number of fused-ring (bicyclic) bond motifs is 3. The third kappa shape index (κ3) is 3.16. The maximum atomic E-state index is 13.9. The van der Waals surface area contributed by atoms with Gasteiger partial charge in [0.15, 0.2) is 0 Å². The van der Waals surface area contributed by atoms with Gasteiger partial charge in [-0.05, 0) is 48.7 Å². The predicted molar refractivity (Wildman–Crippen MR) is 107 cm³/mol. The minimum atomic E-state index is -0.835. The summed E-state index contributed by atoms with van der Waals surface area (Å²) in [6.45, 7) is 0. The van der Waals surface area contributed by atoms with E-state index in [-0.39, 0.29) is 5.69 Å². The Hall–Kier alpha value is -3.81. The SMILES string of the molecule is O=C(Nc1c(F)cccc1F)c1cn2c(n1)CCCc1ccc(-n3cccn3)cc1-2. The summed E-state index contributed by atoms with van der Waals surface area (Å²) in [4.78, 5) is 17.1. The van der Waals surface area contributed by atoms with E-state index in [1.165, 1.54) is 6.07 Å². The fourth-order valence-electron chi connectivity index (χ4n) is 3.70. The lowest BCUT2D eigenvalue weighted by molar-refractivity contribution is 0.102. The molecule has 0 atom stereocenters. The molecule has 1 amide bonds. The Morgan fingerprint density at radius 1 is 1.07 bits per heavy atom. The van der Waals surface area contributed by atoms with Gasteiger partial charge in [-0.25, -0.2) is 18.4 Å². The molecule has 3 heterocycles. The van der Waals surface area contributed by atoms with Gasteiger partial charge in [0.2, 0.25) is 0 Å². The molecule has 0 saturated heterocycles. The smallest absolute Gasteiger partial charge is 0.276 e. The molecule has 0 bridgehead atoms. The summed E-state index contributed by atoms with van der Waals surface area (Å²) in [7, 11) is 0. The average Bonchev–Trinajstić information content (AvgIpc) is 3.39. The van der Waals surface area contributed by atoms with Crippen LogP contribution in [0, 0.1) is 11.6 Å². The monoisotopic (exact) mass is 405 g/mol. The van der Waals surface area contributed by atoms with E-state index in [1.54, 1.807) is 17.1 Å². The van der Waals surface area contributed by atoms with Crippen LogP contribution < -0.4 is 5.32 Å². The highest BCUT2D eigenvalue weighted by molar-refractivity contribution is 6.03. The van der Waals surface area contributed by atoms with Crippen molar-refractivity contribution >= 4 is 11.6 Å². The van der Waals surface area contributed by atoms with Crippen LogP contribution in [-0.2, 0) is 12.8 Å². The Bertz CT molecular complexity index is 1230. The molecule has 1 N–H and O–H groups in total. The first-order valence-electron chi connectivity index (χ1n) is 9.57. The van der Waals surface area contributed by atoms with Gasteiger partial charge in [0.1, 0.15) is 28.8 Å². The van der Waals surface area contributed by atoms with Crippen molar-refractivity contribution in [2.75, 3.05) is 5.32 Å². The minimum absolute atomic E-state index is 0.102. The number of rotatable bonds is 3. The summed E-state index contributed by atoms with van der Waals surface area (Å²) in [5.41, 5.74) is 2.56. The number of carbonyl (C=O) groups excluding carboxylic acids is 1. The Kier molecular flexibility index (Phi) is 4.39. The first-order chi connectivity index (χ1) is 14.6. The van der Waals surface area contributed by atoms with Crippen LogP contribution >= 0.6 is 0 Å². The normalized spacial score (nSPS) is 12.7. The zero-order chi connectivity index (χ0) is 20.7. The van der Waals surface area contributed by atoms with Gasteiger partial charge in [0, 0.05) is 25.0 Å². The molecule has 0 spiro atoms. The Labute approximate surface area is 170 Å². The highest BCUT2D eigenvalue weighted by atomic mass is 19.1. The fourth-order valence-corrected chi connectivity index (χ4v) is 3.70. The Balaban J connectivity index is 1.53. The second-order valence-electron chi connectivity index (χ2n) is 7.08. The number of anilines is 1. The molecule has 2 aromatic heterocycles. The van der Waals surface area contributed by atoms with Crippen LogP contribution in [0.25, 0.3) is 11.4 Å².